The minimum Gasteiger partial charge on any atom is -0.385 e. The highest BCUT2D eigenvalue weighted by Gasteiger charge is 2.16. The monoisotopic (exact) mass is 465 g/mol. The molecular weight excluding hydrogens is 446 g/mol. The molecule has 0 saturated heterocycles. The van der Waals surface area contributed by atoms with E-state index in [-0.39, 0.29) is 17.6 Å². The molecule has 158 valence electrons. The zero-order chi connectivity index (χ0) is 21.3. The van der Waals surface area contributed by atoms with Gasteiger partial charge in [0.1, 0.15) is 0 Å². The number of thioether (sulfide) groups is 1. The van der Waals surface area contributed by atoms with Crippen molar-refractivity contribution >= 4 is 46.5 Å². The molecule has 0 spiro atoms. The fourth-order valence-corrected chi connectivity index (χ4v) is 4.05. The lowest BCUT2D eigenvalue weighted by Crippen LogP contribution is -2.42. The number of nitrogens with zero attached hydrogens (tertiary/aromatic N) is 3. The second kappa shape index (κ2) is 11.1. The van der Waals surface area contributed by atoms with Crippen molar-refractivity contribution in [2.45, 2.75) is 18.1 Å². The predicted octanol–water partition coefficient (Wildman–Crippen LogP) is 3.25. The summed E-state index contributed by atoms with van der Waals surface area (Å²) < 4.78 is 7.09. The molecule has 3 rings (SSSR count). The van der Waals surface area contributed by atoms with Crippen LogP contribution < -0.4 is 10.9 Å². The molecule has 0 unspecified atom stereocenters. The summed E-state index contributed by atoms with van der Waals surface area (Å²) >= 11 is 8.52. The molecule has 2 N–H and O–H groups in total. The maximum absolute atomic E-state index is 12.1. The fraction of sp³-hybridized carbons (Fsp3) is 0.263. The zero-order valence-corrected chi connectivity index (χ0v) is 18.5. The molecule has 0 fully saturated rings. The summed E-state index contributed by atoms with van der Waals surface area (Å²) in [5.74, 6) is 0.0745. The maximum atomic E-state index is 12.1. The number of aromatic nitrogens is 3. The summed E-state index contributed by atoms with van der Waals surface area (Å²) in [4.78, 5) is 24.6. The van der Waals surface area contributed by atoms with E-state index in [0.29, 0.717) is 34.0 Å². The van der Waals surface area contributed by atoms with E-state index in [1.165, 1.54) is 23.1 Å². The molecule has 0 saturated carbocycles. The van der Waals surface area contributed by atoms with Gasteiger partial charge in [0, 0.05) is 30.8 Å². The number of hydrogen-bond acceptors (Lipinski definition) is 7. The Morgan fingerprint density at radius 3 is 2.70 bits per heavy atom. The predicted molar refractivity (Wildman–Crippen MR) is 118 cm³/mol. The summed E-state index contributed by atoms with van der Waals surface area (Å²) in [6.07, 6.45) is 0.770. The number of methoxy groups -OCH3 is 1. The van der Waals surface area contributed by atoms with E-state index in [9.17, 15) is 9.59 Å². The van der Waals surface area contributed by atoms with Crippen LogP contribution in [0, 0.1) is 0 Å². The molecule has 0 aliphatic rings. The van der Waals surface area contributed by atoms with Crippen molar-refractivity contribution in [2.24, 2.45) is 0 Å². The van der Waals surface area contributed by atoms with Gasteiger partial charge in [-0.3, -0.25) is 20.4 Å². The molecule has 0 aliphatic heterocycles. The van der Waals surface area contributed by atoms with E-state index >= 15 is 0 Å². The van der Waals surface area contributed by atoms with Crippen LogP contribution >= 0.6 is 34.7 Å². The summed E-state index contributed by atoms with van der Waals surface area (Å²) in [6, 6.07) is 10.8. The van der Waals surface area contributed by atoms with E-state index < -0.39 is 0 Å². The van der Waals surface area contributed by atoms with Gasteiger partial charge in [-0.1, -0.05) is 29.4 Å². The first kappa shape index (κ1) is 22.3. The lowest BCUT2D eigenvalue weighted by molar-refractivity contribution is -0.119. The quantitative estimate of drug-likeness (QED) is 0.286. The van der Waals surface area contributed by atoms with Gasteiger partial charge in [-0.2, -0.15) is 0 Å². The number of rotatable bonds is 9. The first-order valence-electron chi connectivity index (χ1n) is 9.02. The van der Waals surface area contributed by atoms with Crippen molar-refractivity contribution in [3.8, 4) is 11.4 Å². The average molecular weight is 466 g/mol. The number of hydrazine groups is 1. The molecule has 2 amide bonds. The van der Waals surface area contributed by atoms with E-state index in [1.54, 1.807) is 36.8 Å². The Labute approximate surface area is 187 Å². The highest BCUT2D eigenvalue weighted by atomic mass is 35.5. The van der Waals surface area contributed by atoms with Crippen LogP contribution in [0.4, 0.5) is 0 Å². The Bertz CT molecular complexity index is 977. The molecule has 2 aromatic heterocycles. The molecule has 8 nitrogen and oxygen atoms in total. The van der Waals surface area contributed by atoms with Crippen LogP contribution in [0.2, 0.25) is 5.02 Å². The van der Waals surface area contributed by atoms with Crippen LogP contribution in [0.1, 0.15) is 16.1 Å². The fourth-order valence-electron chi connectivity index (χ4n) is 2.54. The van der Waals surface area contributed by atoms with Crippen molar-refractivity contribution in [2.75, 3.05) is 19.5 Å². The largest absolute Gasteiger partial charge is 0.385 e. The molecule has 0 radical (unpaired) electrons. The molecule has 11 heteroatoms. The van der Waals surface area contributed by atoms with Gasteiger partial charge in [0.25, 0.3) is 5.91 Å². The molecule has 2 heterocycles. The Balaban J connectivity index is 1.63. The first-order valence-corrected chi connectivity index (χ1v) is 11.3. The number of nitrogens with one attached hydrogen (secondary N) is 2. The number of hydrogen-bond donors (Lipinski definition) is 2. The second-order valence-electron chi connectivity index (χ2n) is 6.08. The number of thiophene rings is 1. The average Bonchev–Trinajstić information content (AvgIpc) is 3.42. The Hall–Kier alpha value is -2.40. The molecule has 30 heavy (non-hydrogen) atoms. The van der Waals surface area contributed by atoms with Gasteiger partial charge in [-0.25, -0.2) is 0 Å². The minimum absolute atomic E-state index is 0.0771. The van der Waals surface area contributed by atoms with Crippen LogP contribution in [0.5, 0.6) is 0 Å². The number of amides is 2. The normalized spacial score (nSPS) is 10.7. The second-order valence-corrected chi connectivity index (χ2v) is 8.41. The van der Waals surface area contributed by atoms with Gasteiger partial charge >= 0.3 is 0 Å². The lowest BCUT2D eigenvalue weighted by atomic mass is 10.2. The van der Waals surface area contributed by atoms with Crippen LogP contribution in [0.15, 0.2) is 46.9 Å². The summed E-state index contributed by atoms with van der Waals surface area (Å²) in [6.45, 7) is 1.23. The highest BCUT2D eigenvalue weighted by molar-refractivity contribution is 7.99. The van der Waals surface area contributed by atoms with Crippen molar-refractivity contribution in [3.63, 3.8) is 0 Å². The standard InChI is InChI=1S/C19H20ClN5O3S2/c1-28-10-3-9-25-17(13-5-7-14(20)8-6-13)22-24-19(25)30-12-16(26)21-23-18(27)15-4-2-11-29-15/h2,4-8,11H,3,9-10,12H2,1H3,(H,21,26)(H,23,27). The minimum atomic E-state index is -0.351. The van der Waals surface area contributed by atoms with Crippen molar-refractivity contribution in [3.05, 3.63) is 51.7 Å². The van der Waals surface area contributed by atoms with E-state index in [0.717, 1.165) is 12.0 Å². The Morgan fingerprint density at radius 1 is 1.20 bits per heavy atom. The summed E-state index contributed by atoms with van der Waals surface area (Å²) in [7, 11) is 1.65. The molecule has 1 aromatic carbocycles. The molecular formula is C19H20ClN5O3S2. The Kier molecular flexibility index (Phi) is 8.26. The number of carbonyl (C=O) groups is 2. The first-order chi connectivity index (χ1) is 14.6. The number of ether oxygens (including phenoxy) is 1. The van der Waals surface area contributed by atoms with E-state index in [2.05, 4.69) is 21.0 Å². The van der Waals surface area contributed by atoms with Crippen molar-refractivity contribution in [1.29, 1.82) is 0 Å². The van der Waals surface area contributed by atoms with Gasteiger partial charge < -0.3 is 9.30 Å². The lowest BCUT2D eigenvalue weighted by Gasteiger charge is -2.10. The van der Waals surface area contributed by atoms with E-state index in [1.807, 2.05) is 16.7 Å². The molecule has 3 aromatic rings. The molecule has 0 bridgehead atoms. The van der Waals surface area contributed by atoms with Crippen LogP contribution in [0.25, 0.3) is 11.4 Å². The third-order valence-corrected chi connectivity index (χ3v) is 6.03. The Morgan fingerprint density at radius 2 is 2.00 bits per heavy atom. The van der Waals surface area contributed by atoms with Crippen molar-refractivity contribution < 1.29 is 14.3 Å². The maximum Gasteiger partial charge on any atom is 0.279 e. The summed E-state index contributed by atoms with van der Waals surface area (Å²) in [5.41, 5.74) is 5.69. The third kappa shape index (κ3) is 6.05. The van der Waals surface area contributed by atoms with Gasteiger partial charge in [-0.05, 0) is 42.1 Å². The van der Waals surface area contributed by atoms with Gasteiger partial charge in [0.15, 0.2) is 11.0 Å². The number of halogens is 1. The van der Waals surface area contributed by atoms with Gasteiger partial charge in [-0.15, -0.1) is 21.5 Å². The number of carbonyl (C=O) groups excluding carboxylic acids is 2. The van der Waals surface area contributed by atoms with Crippen LogP contribution in [-0.2, 0) is 16.1 Å². The SMILES string of the molecule is COCCCn1c(SCC(=O)NNC(=O)c2cccs2)nnc1-c1ccc(Cl)cc1. The van der Waals surface area contributed by atoms with Crippen LogP contribution in [0.3, 0.4) is 0 Å². The van der Waals surface area contributed by atoms with Gasteiger partial charge in [0.05, 0.1) is 10.6 Å². The zero-order valence-electron chi connectivity index (χ0n) is 16.1. The van der Waals surface area contributed by atoms with Crippen molar-refractivity contribution in [1.82, 2.24) is 25.6 Å². The smallest absolute Gasteiger partial charge is 0.279 e. The third-order valence-electron chi connectivity index (χ3n) is 3.94. The molecule has 0 aliphatic carbocycles. The van der Waals surface area contributed by atoms with E-state index in [4.69, 9.17) is 16.3 Å². The van der Waals surface area contributed by atoms with Crippen LogP contribution in [-0.4, -0.2) is 46.0 Å². The summed E-state index contributed by atoms with van der Waals surface area (Å²) in [5, 5.41) is 11.6. The number of benzene rings is 1. The molecule has 0 atom stereocenters. The topological polar surface area (TPSA) is 98.1 Å². The van der Waals surface area contributed by atoms with Gasteiger partial charge in [0.2, 0.25) is 5.91 Å². The highest BCUT2D eigenvalue weighted by Crippen LogP contribution is 2.25.